The molecule has 1 saturated carbocycles. The fourth-order valence-electron chi connectivity index (χ4n) is 4.73. The van der Waals surface area contributed by atoms with E-state index in [1.54, 1.807) is 6.08 Å². The van der Waals surface area contributed by atoms with Crippen LogP contribution in [0.15, 0.2) is 43.5 Å². The second-order valence-corrected chi connectivity index (χ2v) is 12.7. The van der Waals surface area contributed by atoms with E-state index in [0.717, 1.165) is 6.42 Å². The molecule has 0 heterocycles. The molecule has 0 spiro atoms. The molecular weight excluding hydrogens is 527 g/mol. The molecule has 0 amide bonds. The predicted octanol–water partition coefficient (Wildman–Crippen LogP) is 8.02. The third kappa shape index (κ3) is 7.57. The van der Waals surface area contributed by atoms with Crippen molar-refractivity contribution < 1.29 is 35.9 Å². The van der Waals surface area contributed by atoms with E-state index in [1.807, 2.05) is 26.6 Å². The van der Waals surface area contributed by atoms with Crippen molar-refractivity contribution in [2.24, 2.45) is 17.3 Å². The number of hydrogen-bond donors (Lipinski definition) is 1. The Hall–Kier alpha value is -1.96. The summed E-state index contributed by atoms with van der Waals surface area (Å²) in [5.74, 6) is 0.295. The van der Waals surface area contributed by atoms with E-state index in [2.05, 4.69) is 24.8 Å². The summed E-state index contributed by atoms with van der Waals surface area (Å²) in [6.07, 6.45) is -1.51. The number of benzene rings is 1. The summed E-state index contributed by atoms with van der Waals surface area (Å²) in [7, 11) is -1.05. The highest BCUT2D eigenvalue weighted by Crippen LogP contribution is 2.43. The van der Waals surface area contributed by atoms with E-state index < -0.39 is 42.4 Å². The highest BCUT2D eigenvalue weighted by molar-refractivity contribution is 7.56. The molecular formula is C28H37F6NO2P+. The topological polar surface area (TPSA) is 38.3 Å². The first-order valence-corrected chi connectivity index (χ1v) is 14.4. The molecule has 0 radical (unpaired) electrons. The number of carbonyl (C=O) groups excluding carboxylic acids is 1. The molecule has 1 aromatic rings. The van der Waals surface area contributed by atoms with Crippen molar-refractivity contribution in [1.29, 1.82) is 0 Å². The van der Waals surface area contributed by atoms with Crippen LogP contribution in [0.1, 0.15) is 62.8 Å². The first kappa shape index (κ1) is 32.3. The molecule has 0 bridgehead atoms. The van der Waals surface area contributed by atoms with Crippen LogP contribution in [0.5, 0.6) is 0 Å². The number of nitrogens with one attached hydrogen (secondary N) is 1. The van der Waals surface area contributed by atoms with E-state index in [4.69, 9.17) is 4.74 Å². The molecule has 0 aromatic heterocycles. The van der Waals surface area contributed by atoms with Crippen molar-refractivity contribution in [3.63, 3.8) is 0 Å². The molecule has 1 aromatic carbocycles. The van der Waals surface area contributed by atoms with Gasteiger partial charge in [0.05, 0.1) is 30.2 Å². The van der Waals surface area contributed by atoms with Gasteiger partial charge in [0.2, 0.25) is 5.28 Å². The number of ether oxygens (including phenoxy) is 1. The lowest BCUT2D eigenvalue weighted by atomic mass is 9.76. The van der Waals surface area contributed by atoms with Gasteiger partial charge in [-0.25, -0.2) is 0 Å². The Bertz CT molecular complexity index is 1020. The summed E-state index contributed by atoms with van der Waals surface area (Å²) in [6, 6.07) is 1.46. The van der Waals surface area contributed by atoms with Crippen molar-refractivity contribution in [1.82, 2.24) is 5.32 Å². The number of ketones is 1. The highest BCUT2D eigenvalue weighted by atomic mass is 31.1. The smallest absolute Gasteiger partial charge is 0.367 e. The van der Waals surface area contributed by atoms with Crippen LogP contribution in [0.2, 0.25) is 0 Å². The average Bonchev–Trinajstić information content (AvgIpc) is 2.94. The molecule has 212 valence electrons. The van der Waals surface area contributed by atoms with Crippen molar-refractivity contribution in [3.8, 4) is 0 Å². The zero-order valence-electron chi connectivity index (χ0n) is 22.3. The Kier molecular flexibility index (Phi) is 10.2. The second-order valence-electron chi connectivity index (χ2n) is 10.5. The lowest BCUT2D eigenvalue weighted by Crippen LogP contribution is -2.49. The van der Waals surface area contributed by atoms with Crippen molar-refractivity contribution in [3.05, 3.63) is 60.2 Å². The lowest BCUT2D eigenvalue weighted by molar-refractivity contribution is -0.143. The molecule has 0 aliphatic heterocycles. The first-order valence-electron chi connectivity index (χ1n) is 12.4. The standard InChI is InChI=1S/C28H37F6NO2P/c1-8-25(11-10-24(36)19(4)18(3)15-25)16-35-26(9-2,38(6)7)17-37-20(5)21-12-22(27(29,30)31)14-23(13-21)28(32,33)34/h8-9,12-14,18-20,35H,1-2,6,10-11,15-17H2,3-5,7H3/q+1. The number of alkyl halides is 6. The Morgan fingerprint density at radius 2 is 1.68 bits per heavy atom. The summed E-state index contributed by atoms with van der Waals surface area (Å²) < 4.78 is 85.8. The maximum atomic E-state index is 13.3. The Morgan fingerprint density at radius 3 is 2.13 bits per heavy atom. The summed E-state index contributed by atoms with van der Waals surface area (Å²) in [5.41, 5.74) is -3.39. The van der Waals surface area contributed by atoms with Gasteiger partial charge in [0.25, 0.3) is 0 Å². The minimum absolute atomic E-state index is 0.0599. The normalized spacial score (nSPS) is 25.7. The average molecular weight is 565 g/mol. The fourth-order valence-corrected chi connectivity index (χ4v) is 5.69. The van der Waals surface area contributed by atoms with Gasteiger partial charge in [-0.15, -0.1) is 6.58 Å². The minimum Gasteiger partial charge on any atom is -0.367 e. The number of Topliss-reactive ketones (excluding diaryl/α,β-unsaturated/α-hetero) is 1. The molecule has 1 N–H and O–H groups in total. The van der Waals surface area contributed by atoms with Crippen LogP contribution in [0, 0.1) is 17.3 Å². The molecule has 3 nitrogen and oxygen atoms in total. The minimum atomic E-state index is -4.94. The van der Waals surface area contributed by atoms with Crippen LogP contribution in [-0.4, -0.2) is 37.2 Å². The SMILES string of the molecule is C=CC1(CNC(C=C)(COC(C)c2cc(C(F)(F)F)cc(C(F)(F)F)c2)[P+](=C)C)CCC(=O)C(C)C(C)C1. The Balaban J connectivity index is 2.30. The summed E-state index contributed by atoms with van der Waals surface area (Å²) in [4.78, 5) is 12.4. The van der Waals surface area contributed by atoms with E-state index in [-0.39, 0.29) is 41.3 Å². The summed E-state index contributed by atoms with van der Waals surface area (Å²) in [5, 5.41) is 2.60. The van der Waals surface area contributed by atoms with Crippen LogP contribution in [-0.2, 0) is 21.9 Å². The maximum absolute atomic E-state index is 13.3. The number of hydrogen-bond acceptors (Lipinski definition) is 3. The molecule has 38 heavy (non-hydrogen) atoms. The molecule has 1 aliphatic carbocycles. The molecule has 6 atom stereocenters. The number of halogens is 6. The first-order chi connectivity index (χ1) is 17.4. The largest absolute Gasteiger partial charge is 0.416 e. The third-order valence-electron chi connectivity index (χ3n) is 7.79. The Labute approximate surface area is 222 Å². The number of carbonyl (C=O) groups is 1. The van der Waals surface area contributed by atoms with Gasteiger partial charge in [-0.3, -0.25) is 10.1 Å². The van der Waals surface area contributed by atoms with Gasteiger partial charge < -0.3 is 4.74 Å². The second kappa shape index (κ2) is 12.1. The Morgan fingerprint density at radius 1 is 1.13 bits per heavy atom. The van der Waals surface area contributed by atoms with E-state index in [9.17, 15) is 31.1 Å². The molecule has 1 fully saturated rings. The predicted molar refractivity (Wildman–Crippen MR) is 142 cm³/mol. The summed E-state index contributed by atoms with van der Waals surface area (Å²) >= 11 is 0. The third-order valence-corrected chi connectivity index (χ3v) is 9.62. The molecule has 2 rings (SSSR count). The monoisotopic (exact) mass is 564 g/mol. The quantitative estimate of drug-likeness (QED) is 0.135. The van der Waals surface area contributed by atoms with E-state index in [1.165, 1.54) is 6.92 Å². The van der Waals surface area contributed by atoms with Crippen LogP contribution in [0.25, 0.3) is 0 Å². The number of rotatable bonds is 10. The lowest BCUT2D eigenvalue weighted by Gasteiger charge is -2.35. The van der Waals surface area contributed by atoms with Crippen molar-refractivity contribution in [2.75, 3.05) is 19.8 Å². The van der Waals surface area contributed by atoms with Gasteiger partial charge >= 0.3 is 12.4 Å². The van der Waals surface area contributed by atoms with Gasteiger partial charge in [-0.2, -0.15) is 26.3 Å². The van der Waals surface area contributed by atoms with Gasteiger partial charge in [0.15, 0.2) is 0 Å². The van der Waals surface area contributed by atoms with Crippen LogP contribution in [0.3, 0.4) is 0 Å². The molecule has 10 heteroatoms. The fraction of sp³-hybridized carbons (Fsp3) is 0.571. The van der Waals surface area contributed by atoms with Gasteiger partial charge in [-0.1, -0.05) is 26.5 Å². The van der Waals surface area contributed by atoms with Gasteiger partial charge in [-0.05, 0) is 55.5 Å². The molecule has 1 aliphatic rings. The summed E-state index contributed by atoms with van der Waals surface area (Å²) in [6.45, 7) is 15.6. The van der Waals surface area contributed by atoms with Crippen LogP contribution in [0.4, 0.5) is 26.3 Å². The van der Waals surface area contributed by atoms with Gasteiger partial charge in [0.1, 0.15) is 19.9 Å². The molecule has 0 saturated heterocycles. The van der Waals surface area contributed by atoms with Crippen LogP contribution < -0.4 is 5.32 Å². The highest BCUT2D eigenvalue weighted by Gasteiger charge is 2.43. The van der Waals surface area contributed by atoms with E-state index in [0.29, 0.717) is 31.5 Å². The van der Waals surface area contributed by atoms with Gasteiger partial charge in [0, 0.05) is 24.3 Å². The van der Waals surface area contributed by atoms with E-state index >= 15 is 0 Å². The zero-order valence-corrected chi connectivity index (χ0v) is 23.2. The van der Waals surface area contributed by atoms with Crippen molar-refractivity contribution in [2.45, 2.75) is 63.8 Å². The molecule has 6 unspecified atom stereocenters. The van der Waals surface area contributed by atoms with Crippen LogP contribution >= 0.6 is 7.55 Å². The maximum Gasteiger partial charge on any atom is 0.416 e. The van der Waals surface area contributed by atoms with Crippen molar-refractivity contribution >= 4 is 19.6 Å². The zero-order chi connectivity index (χ0) is 29.1.